The van der Waals surface area contributed by atoms with Gasteiger partial charge in [0, 0.05) is 11.5 Å². The van der Waals surface area contributed by atoms with Gasteiger partial charge in [0.15, 0.2) is 11.5 Å². The van der Waals surface area contributed by atoms with Gasteiger partial charge >= 0.3 is 0 Å². The summed E-state index contributed by atoms with van der Waals surface area (Å²) in [6.45, 7) is 3.07. The molecule has 3 aromatic rings. The van der Waals surface area contributed by atoms with Crippen LogP contribution in [0.3, 0.4) is 0 Å². The zero-order valence-electron chi connectivity index (χ0n) is 15.1. The summed E-state index contributed by atoms with van der Waals surface area (Å²) in [6.07, 6.45) is 0. The fourth-order valence-electron chi connectivity index (χ4n) is 2.52. The minimum absolute atomic E-state index is 0.373. The quantitative estimate of drug-likeness (QED) is 0.630. The highest BCUT2D eigenvalue weighted by Crippen LogP contribution is 2.33. The number of fused-ring (bicyclic) bond motifs is 1. The maximum Gasteiger partial charge on any atom is 0.225 e. The third kappa shape index (κ3) is 3.88. The first kappa shape index (κ1) is 17.6. The number of rotatable bonds is 7. The number of nitrogen functional groups attached to an aromatic ring is 1. The van der Waals surface area contributed by atoms with Crippen LogP contribution in [0, 0.1) is 6.92 Å². The molecule has 2 aromatic carbocycles. The van der Waals surface area contributed by atoms with E-state index in [0.29, 0.717) is 47.3 Å². The monoisotopic (exact) mass is 354 g/mol. The Bertz CT molecular complexity index is 897. The lowest BCUT2D eigenvalue weighted by atomic mass is 10.2. The largest absolute Gasteiger partial charge is 0.493 e. The molecule has 3 rings (SSSR count). The Kier molecular flexibility index (Phi) is 5.26. The Morgan fingerprint density at radius 2 is 1.69 bits per heavy atom. The third-order valence-corrected chi connectivity index (χ3v) is 3.91. The van der Waals surface area contributed by atoms with Gasteiger partial charge in [-0.25, -0.2) is 4.98 Å². The molecule has 0 atom stereocenters. The van der Waals surface area contributed by atoms with Crippen molar-refractivity contribution >= 4 is 22.7 Å². The van der Waals surface area contributed by atoms with Gasteiger partial charge in [-0.15, -0.1) is 0 Å². The van der Waals surface area contributed by atoms with Crippen LogP contribution in [0.25, 0.3) is 10.9 Å². The molecule has 0 aliphatic heterocycles. The van der Waals surface area contributed by atoms with E-state index in [1.54, 1.807) is 26.4 Å². The van der Waals surface area contributed by atoms with E-state index in [0.717, 1.165) is 5.75 Å². The second-order valence-electron chi connectivity index (χ2n) is 5.75. The fourth-order valence-corrected chi connectivity index (χ4v) is 2.52. The van der Waals surface area contributed by atoms with E-state index < -0.39 is 0 Å². The van der Waals surface area contributed by atoms with Gasteiger partial charge in [-0.1, -0.05) is 17.7 Å². The molecule has 136 valence electrons. The predicted octanol–water partition coefficient (Wildman–Crippen LogP) is 3.03. The number of nitrogens with zero attached hydrogens (tertiary/aromatic N) is 2. The highest BCUT2D eigenvalue weighted by molar-refractivity contribution is 5.91. The highest BCUT2D eigenvalue weighted by atomic mass is 16.5. The van der Waals surface area contributed by atoms with Gasteiger partial charge in [-0.3, -0.25) is 0 Å². The van der Waals surface area contributed by atoms with Crippen molar-refractivity contribution in [1.82, 2.24) is 9.97 Å². The molecule has 3 N–H and O–H groups in total. The first-order chi connectivity index (χ1) is 12.6. The summed E-state index contributed by atoms with van der Waals surface area (Å²) < 4.78 is 16.3. The van der Waals surface area contributed by atoms with Crippen molar-refractivity contribution < 1.29 is 14.2 Å². The Balaban J connectivity index is 1.69. The molecular weight excluding hydrogens is 332 g/mol. The standard InChI is InChI=1S/C19H22N4O3/c1-12-4-6-13(7-5-12)26-9-8-21-19-22-15-11-17(25-3)16(24-2)10-14(15)18(20)23-19/h4-7,10-11H,8-9H2,1-3H3,(H3,20,21,22,23). The van der Waals surface area contributed by atoms with E-state index in [-0.39, 0.29) is 0 Å². The number of nitrogens with one attached hydrogen (secondary N) is 1. The highest BCUT2D eigenvalue weighted by Gasteiger charge is 2.11. The number of aryl methyl sites for hydroxylation is 1. The van der Waals surface area contributed by atoms with Gasteiger partial charge < -0.3 is 25.3 Å². The number of ether oxygens (including phenoxy) is 3. The normalized spacial score (nSPS) is 10.6. The Hall–Kier alpha value is -3.22. The van der Waals surface area contributed by atoms with Crippen LogP contribution in [0.15, 0.2) is 36.4 Å². The molecule has 0 aliphatic carbocycles. The van der Waals surface area contributed by atoms with Crippen LogP contribution < -0.4 is 25.3 Å². The van der Waals surface area contributed by atoms with Gasteiger partial charge in [0.05, 0.1) is 26.3 Å². The summed E-state index contributed by atoms with van der Waals surface area (Å²) in [5, 5.41) is 3.84. The molecule has 0 spiro atoms. The smallest absolute Gasteiger partial charge is 0.225 e. The zero-order valence-corrected chi connectivity index (χ0v) is 15.1. The lowest BCUT2D eigenvalue weighted by molar-refractivity contribution is 0.332. The van der Waals surface area contributed by atoms with E-state index in [1.165, 1.54) is 5.56 Å². The van der Waals surface area contributed by atoms with Gasteiger partial charge in [0.25, 0.3) is 0 Å². The molecule has 0 aliphatic rings. The molecule has 0 unspecified atom stereocenters. The minimum Gasteiger partial charge on any atom is -0.493 e. The van der Waals surface area contributed by atoms with Crippen molar-refractivity contribution in [3.63, 3.8) is 0 Å². The van der Waals surface area contributed by atoms with E-state index in [9.17, 15) is 0 Å². The van der Waals surface area contributed by atoms with E-state index in [4.69, 9.17) is 19.9 Å². The van der Waals surface area contributed by atoms with Gasteiger partial charge in [0.1, 0.15) is 18.2 Å². The Morgan fingerprint density at radius 1 is 1.00 bits per heavy atom. The molecule has 1 aromatic heterocycles. The minimum atomic E-state index is 0.373. The maximum absolute atomic E-state index is 6.06. The summed E-state index contributed by atoms with van der Waals surface area (Å²) in [5.41, 5.74) is 7.94. The number of hydrogen-bond acceptors (Lipinski definition) is 7. The van der Waals surface area contributed by atoms with Gasteiger partial charge in [-0.05, 0) is 25.1 Å². The van der Waals surface area contributed by atoms with Crippen molar-refractivity contribution in [2.75, 3.05) is 38.4 Å². The molecule has 0 saturated carbocycles. The first-order valence-electron chi connectivity index (χ1n) is 8.23. The van der Waals surface area contributed by atoms with Gasteiger partial charge in [-0.2, -0.15) is 4.98 Å². The van der Waals surface area contributed by atoms with Crippen LogP contribution in [-0.2, 0) is 0 Å². The summed E-state index contributed by atoms with van der Waals surface area (Å²) in [4.78, 5) is 8.77. The van der Waals surface area contributed by atoms with E-state index in [1.807, 2.05) is 31.2 Å². The first-order valence-corrected chi connectivity index (χ1v) is 8.23. The van der Waals surface area contributed by atoms with Crippen LogP contribution in [0.2, 0.25) is 0 Å². The lowest BCUT2D eigenvalue weighted by Gasteiger charge is -2.12. The average molecular weight is 354 g/mol. The lowest BCUT2D eigenvalue weighted by Crippen LogP contribution is -2.14. The van der Waals surface area contributed by atoms with Crippen LogP contribution in [0.5, 0.6) is 17.2 Å². The molecular formula is C19H22N4O3. The van der Waals surface area contributed by atoms with Crippen molar-refractivity contribution in [3.8, 4) is 17.2 Å². The maximum atomic E-state index is 6.06. The molecule has 26 heavy (non-hydrogen) atoms. The van der Waals surface area contributed by atoms with Crippen molar-refractivity contribution in [3.05, 3.63) is 42.0 Å². The van der Waals surface area contributed by atoms with Crippen LogP contribution in [0.4, 0.5) is 11.8 Å². The summed E-state index contributed by atoms with van der Waals surface area (Å²) in [5.74, 6) is 2.81. The van der Waals surface area contributed by atoms with Crippen molar-refractivity contribution in [2.24, 2.45) is 0 Å². The van der Waals surface area contributed by atoms with Crippen LogP contribution in [0.1, 0.15) is 5.56 Å². The van der Waals surface area contributed by atoms with E-state index >= 15 is 0 Å². The number of methoxy groups -OCH3 is 2. The number of aromatic nitrogens is 2. The Morgan fingerprint density at radius 3 is 2.38 bits per heavy atom. The summed E-state index contributed by atoms with van der Waals surface area (Å²) in [7, 11) is 3.15. The predicted molar refractivity (Wildman–Crippen MR) is 102 cm³/mol. The SMILES string of the molecule is COc1cc2nc(NCCOc3ccc(C)cc3)nc(N)c2cc1OC. The second-order valence-corrected chi connectivity index (χ2v) is 5.75. The molecule has 7 nitrogen and oxygen atoms in total. The molecule has 0 amide bonds. The topological polar surface area (TPSA) is 91.5 Å². The van der Waals surface area contributed by atoms with Crippen LogP contribution >= 0.6 is 0 Å². The summed E-state index contributed by atoms with van der Waals surface area (Å²) >= 11 is 0. The van der Waals surface area contributed by atoms with Gasteiger partial charge in [0.2, 0.25) is 5.95 Å². The van der Waals surface area contributed by atoms with Crippen LogP contribution in [-0.4, -0.2) is 37.3 Å². The number of nitrogens with two attached hydrogens (primary N) is 1. The Labute approximate surface area is 152 Å². The fraction of sp³-hybridized carbons (Fsp3) is 0.263. The average Bonchev–Trinajstić information content (AvgIpc) is 2.65. The molecule has 0 saturated heterocycles. The second kappa shape index (κ2) is 7.77. The van der Waals surface area contributed by atoms with E-state index in [2.05, 4.69) is 15.3 Å². The number of hydrogen-bond donors (Lipinski definition) is 2. The molecule has 1 heterocycles. The van der Waals surface area contributed by atoms with Crippen molar-refractivity contribution in [2.45, 2.75) is 6.92 Å². The number of benzene rings is 2. The third-order valence-electron chi connectivity index (χ3n) is 3.91. The molecule has 7 heteroatoms. The molecule has 0 fully saturated rings. The molecule has 0 bridgehead atoms. The molecule has 0 radical (unpaired) electrons. The number of anilines is 2. The van der Waals surface area contributed by atoms with Crippen molar-refractivity contribution in [1.29, 1.82) is 0 Å². The zero-order chi connectivity index (χ0) is 18.5. The summed E-state index contributed by atoms with van der Waals surface area (Å²) in [6, 6.07) is 11.5.